The highest BCUT2D eigenvalue weighted by Crippen LogP contribution is 2.35. The maximum Gasteiger partial charge on any atom is 0.267 e. The number of amides is 1. The highest BCUT2D eigenvalue weighted by molar-refractivity contribution is 8.18. The summed E-state index contributed by atoms with van der Waals surface area (Å²) in [5, 5.41) is 0.714. The van der Waals surface area contributed by atoms with Crippen molar-refractivity contribution >= 4 is 40.3 Å². The number of rotatable bonds is 5. The molecule has 0 N–H and O–H groups in total. The topological polar surface area (TPSA) is 35.9 Å². The van der Waals surface area contributed by atoms with E-state index in [-0.39, 0.29) is 5.91 Å². The van der Waals surface area contributed by atoms with Crippen LogP contribution < -0.4 is 4.90 Å². The van der Waals surface area contributed by atoms with E-state index in [1.807, 2.05) is 66.7 Å². The van der Waals surface area contributed by atoms with E-state index in [1.54, 1.807) is 4.90 Å². The van der Waals surface area contributed by atoms with Gasteiger partial charge in [0.1, 0.15) is 0 Å². The smallest absolute Gasteiger partial charge is 0.267 e. The first-order valence-corrected chi connectivity index (χ1v) is 12.3. The summed E-state index contributed by atoms with van der Waals surface area (Å²) in [5.74, 6) is -0.00126. The Kier molecular flexibility index (Phi) is 6.58. The van der Waals surface area contributed by atoms with Gasteiger partial charge in [-0.2, -0.15) is 0 Å². The lowest BCUT2D eigenvalue weighted by Crippen LogP contribution is -2.29. The first-order chi connectivity index (χ1) is 16.3. The largest absolute Gasteiger partial charge is 0.372 e. The number of piperidine rings is 1. The monoisotopic (exact) mass is 453 g/mol. The van der Waals surface area contributed by atoms with Crippen LogP contribution in [0.15, 0.2) is 94.8 Å². The van der Waals surface area contributed by atoms with Crippen LogP contribution in [0.1, 0.15) is 30.4 Å². The first kappa shape index (κ1) is 21.5. The van der Waals surface area contributed by atoms with E-state index in [0.717, 1.165) is 29.9 Å². The Labute approximate surface area is 199 Å². The van der Waals surface area contributed by atoms with Crippen LogP contribution in [0, 0.1) is 0 Å². The number of nitrogens with zero attached hydrogens (tertiary/aromatic N) is 3. The van der Waals surface area contributed by atoms with Gasteiger partial charge in [-0.05, 0) is 72.5 Å². The quantitative estimate of drug-likeness (QED) is 0.415. The second-order valence-electron chi connectivity index (χ2n) is 8.36. The molecule has 2 aliphatic rings. The molecule has 0 bridgehead atoms. The Morgan fingerprint density at radius 3 is 2.18 bits per heavy atom. The lowest BCUT2D eigenvalue weighted by atomic mass is 10.1. The molecular formula is C28H27N3OS. The molecule has 2 saturated heterocycles. The van der Waals surface area contributed by atoms with Crippen molar-refractivity contribution in [2.75, 3.05) is 18.0 Å². The van der Waals surface area contributed by atoms with Crippen molar-refractivity contribution in [1.82, 2.24) is 4.90 Å². The maximum atomic E-state index is 13.4. The van der Waals surface area contributed by atoms with Crippen LogP contribution in [0.3, 0.4) is 0 Å². The highest BCUT2D eigenvalue weighted by Gasteiger charge is 2.33. The third kappa shape index (κ3) is 5.20. The number of benzene rings is 3. The molecule has 5 heteroatoms. The van der Waals surface area contributed by atoms with Crippen molar-refractivity contribution in [3.05, 3.63) is 101 Å². The minimum absolute atomic E-state index is 0.00126. The maximum absolute atomic E-state index is 13.4. The summed E-state index contributed by atoms with van der Waals surface area (Å²) in [4.78, 5) is 23.1. The molecule has 4 nitrogen and oxygen atoms in total. The van der Waals surface area contributed by atoms with Gasteiger partial charge in [-0.3, -0.25) is 9.69 Å². The standard InChI is InChI=1S/C28H27N3OS/c32-27-26(20-22-14-16-25(17-15-22)30-18-8-3-9-19-30)33-28(29-24-12-6-2-7-13-24)31(27)21-23-10-4-1-5-11-23/h1-2,4-7,10-17,20H,3,8-9,18-19,21H2/b26-20-,29-28?. The number of aliphatic imine (C=N–C) groups is 1. The normalized spacial score (nSPS) is 19.0. The molecule has 2 aliphatic heterocycles. The Balaban J connectivity index is 1.41. The predicted molar refractivity (Wildman–Crippen MR) is 139 cm³/mol. The molecule has 3 aromatic carbocycles. The number of hydrogen-bond acceptors (Lipinski definition) is 4. The van der Waals surface area contributed by atoms with Crippen molar-refractivity contribution in [2.45, 2.75) is 25.8 Å². The summed E-state index contributed by atoms with van der Waals surface area (Å²) in [7, 11) is 0. The van der Waals surface area contributed by atoms with Crippen LogP contribution >= 0.6 is 11.8 Å². The van der Waals surface area contributed by atoms with E-state index in [2.05, 4.69) is 29.2 Å². The number of anilines is 1. The molecule has 1 amide bonds. The van der Waals surface area contributed by atoms with Crippen molar-refractivity contribution in [2.24, 2.45) is 4.99 Å². The number of carbonyl (C=O) groups excluding carboxylic acids is 1. The van der Waals surface area contributed by atoms with E-state index >= 15 is 0 Å². The van der Waals surface area contributed by atoms with E-state index < -0.39 is 0 Å². The summed E-state index contributed by atoms with van der Waals surface area (Å²) in [6.07, 6.45) is 5.83. The molecule has 2 heterocycles. The summed E-state index contributed by atoms with van der Waals surface area (Å²) >= 11 is 1.45. The molecule has 0 aliphatic carbocycles. The molecule has 2 fully saturated rings. The third-order valence-electron chi connectivity index (χ3n) is 5.96. The van der Waals surface area contributed by atoms with Crippen LogP contribution in [0.2, 0.25) is 0 Å². The Hall–Kier alpha value is -3.31. The van der Waals surface area contributed by atoms with Crippen LogP contribution in [-0.4, -0.2) is 29.1 Å². The second kappa shape index (κ2) is 10.1. The highest BCUT2D eigenvalue weighted by atomic mass is 32.2. The fourth-order valence-electron chi connectivity index (χ4n) is 4.19. The van der Waals surface area contributed by atoms with Gasteiger partial charge in [-0.1, -0.05) is 60.7 Å². The van der Waals surface area contributed by atoms with Gasteiger partial charge < -0.3 is 4.90 Å². The summed E-state index contributed by atoms with van der Waals surface area (Å²) in [6, 6.07) is 28.4. The lowest BCUT2D eigenvalue weighted by molar-refractivity contribution is -0.122. The molecule has 0 atom stereocenters. The van der Waals surface area contributed by atoms with Gasteiger partial charge in [-0.15, -0.1) is 0 Å². The average molecular weight is 454 g/mol. The summed E-state index contributed by atoms with van der Waals surface area (Å²) in [5.41, 5.74) is 4.23. The SMILES string of the molecule is O=C1/C(=C/c2ccc(N3CCCCC3)cc2)SC(=Nc2ccccc2)N1Cc1ccccc1. The summed E-state index contributed by atoms with van der Waals surface area (Å²) < 4.78 is 0. The Bertz CT molecular complexity index is 1150. The first-order valence-electron chi connectivity index (χ1n) is 11.5. The van der Waals surface area contributed by atoms with E-state index in [1.165, 1.54) is 36.7 Å². The van der Waals surface area contributed by atoms with Crippen molar-refractivity contribution in [3.63, 3.8) is 0 Å². The molecule has 0 spiro atoms. The van der Waals surface area contributed by atoms with Gasteiger partial charge in [0, 0.05) is 18.8 Å². The van der Waals surface area contributed by atoms with Crippen molar-refractivity contribution < 1.29 is 4.79 Å². The zero-order valence-electron chi connectivity index (χ0n) is 18.6. The van der Waals surface area contributed by atoms with Gasteiger partial charge in [0.05, 0.1) is 17.1 Å². The Morgan fingerprint density at radius 1 is 0.818 bits per heavy atom. The van der Waals surface area contributed by atoms with Crippen LogP contribution in [0.4, 0.5) is 11.4 Å². The van der Waals surface area contributed by atoms with Gasteiger partial charge >= 0.3 is 0 Å². The fourth-order valence-corrected chi connectivity index (χ4v) is 5.19. The zero-order valence-corrected chi connectivity index (χ0v) is 19.4. The van der Waals surface area contributed by atoms with Crippen LogP contribution in [0.5, 0.6) is 0 Å². The predicted octanol–water partition coefficient (Wildman–Crippen LogP) is 6.48. The fraction of sp³-hybridized carbons (Fsp3) is 0.214. The van der Waals surface area contributed by atoms with E-state index in [0.29, 0.717) is 16.6 Å². The second-order valence-corrected chi connectivity index (χ2v) is 9.37. The van der Waals surface area contributed by atoms with Crippen molar-refractivity contribution in [3.8, 4) is 0 Å². The molecule has 5 rings (SSSR count). The number of para-hydroxylation sites is 1. The molecular weight excluding hydrogens is 426 g/mol. The van der Waals surface area contributed by atoms with E-state index in [4.69, 9.17) is 4.99 Å². The molecule has 166 valence electrons. The number of amidine groups is 1. The number of thioether (sulfide) groups is 1. The minimum atomic E-state index is -0.00126. The molecule has 3 aromatic rings. The van der Waals surface area contributed by atoms with Gasteiger partial charge in [0.15, 0.2) is 5.17 Å². The summed E-state index contributed by atoms with van der Waals surface area (Å²) in [6.45, 7) is 2.76. The minimum Gasteiger partial charge on any atom is -0.372 e. The molecule has 0 radical (unpaired) electrons. The molecule has 33 heavy (non-hydrogen) atoms. The lowest BCUT2D eigenvalue weighted by Gasteiger charge is -2.28. The Morgan fingerprint density at radius 2 is 1.48 bits per heavy atom. The third-order valence-corrected chi connectivity index (χ3v) is 6.97. The van der Waals surface area contributed by atoms with Gasteiger partial charge in [0.25, 0.3) is 5.91 Å². The van der Waals surface area contributed by atoms with Gasteiger partial charge in [0.2, 0.25) is 0 Å². The molecule has 0 saturated carbocycles. The molecule has 0 aromatic heterocycles. The van der Waals surface area contributed by atoms with Crippen molar-refractivity contribution in [1.29, 1.82) is 0 Å². The van der Waals surface area contributed by atoms with E-state index in [9.17, 15) is 4.79 Å². The zero-order chi connectivity index (χ0) is 22.5. The number of carbonyl (C=O) groups is 1. The number of hydrogen-bond donors (Lipinski definition) is 0. The van der Waals surface area contributed by atoms with Crippen LogP contribution in [-0.2, 0) is 11.3 Å². The molecule has 0 unspecified atom stereocenters. The van der Waals surface area contributed by atoms with Gasteiger partial charge in [-0.25, -0.2) is 4.99 Å². The van der Waals surface area contributed by atoms with Crippen LogP contribution in [0.25, 0.3) is 6.08 Å². The average Bonchev–Trinajstić information content (AvgIpc) is 3.15.